The molecular formula is C20H24N2O4. The number of hydrogen-bond acceptors (Lipinski definition) is 4. The Morgan fingerprint density at radius 2 is 1.65 bits per heavy atom. The van der Waals surface area contributed by atoms with Gasteiger partial charge in [0.25, 0.3) is 5.91 Å². The summed E-state index contributed by atoms with van der Waals surface area (Å²) in [5, 5.41) is 2.59. The minimum Gasteiger partial charge on any atom is -0.493 e. The van der Waals surface area contributed by atoms with Gasteiger partial charge < -0.3 is 19.7 Å². The third-order valence-electron chi connectivity index (χ3n) is 3.82. The van der Waals surface area contributed by atoms with Crippen molar-refractivity contribution in [2.24, 2.45) is 0 Å². The molecule has 0 heterocycles. The Kier molecular flexibility index (Phi) is 7.49. The molecule has 2 amide bonds. The molecule has 0 bridgehead atoms. The van der Waals surface area contributed by atoms with E-state index >= 15 is 0 Å². The first-order valence-corrected chi connectivity index (χ1v) is 8.48. The van der Waals surface area contributed by atoms with Gasteiger partial charge >= 0.3 is 0 Å². The first kappa shape index (κ1) is 19.3. The van der Waals surface area contributed by atoms with Crippen LogP contribution >= 0.6 is 0 Å². The van der Waals surface area contributed by atoms with E-state index in [4.69, 9.17) is 9.47 Å². The fourth-order valence-corrected chi connectivity index (χ4v) is 2.40. The van der Waals surface area contributed by atoms with Gasteiger partial charge in [-0.05, 0) is 24.6 Å². The van der Waals surface area contributed by atoms with Crippen LogP contribution in [0.2, 0.25) is 0 Å². The second-order valence-electron chi connectivity index (χ2n) is 5.61. The molecule has 0 saturated carbocycles. The quantitative estimate of drug-likeness (QED) is 0.748. The normalized spacial score (nSPS) is 10.1. The molecule has 0 fully saturated rings. The molecule has 0 saturated heterocycles. The van der Waals surface area contributed by atoms with Gasteiger partial charge in [0.2, 0.25) is 5.91 Å². The molecule has 26 heavy (non-hydrogen) atoms. The van der Waals surface area contributed by atoms with Gasteiger partial charge in [-0.2, -0.15) is 0 Å². The molecule has 138 valence electrons. The second kappa shape index (κ2) is 10.1. The Balaban J connectivity index is 1.79. The molecule has 0 aliphatic rings. The smallest absolute Gasteiger partial charge is 0.258 e. The van der Waals surface area contributed by atoms with Crippen LogP contribution in [-0.4, -0.2) is 43.5 Å². The highest BCUT2D eigenvalue weighted by molar-refractivity contribution is 5.85. The molecule has 0 aliphatic heterocycles. The highest BCUT2D eigenvalue weighted by atomic mass is 16.5. The lowest BCUT2D eigenvalue weighted by atomic mass is 10.2. The van der Waals surface area contributed by atoms with Crippen molar-refractivity contribution in [1.82, 2.24) is 10.2 Å². The highest BCUT2D eigenvalue weighted by Crippen LogP contribution is 2.25. The van der Waals surface area contributed by atoms with E-state index in [-0.39, 0.29) is 25.0 Å². The molecule has 2 aromatic carbocycles. The van der Waals surface area contributed by atoms with E-state index in [2.05, 4.69) is 5.32 Å². The van der Waals surface area contributed by atoms with Crippen LogP contribution in [0.15, 0.2) is 54.6 Å². The zero-order valence-electron chi connectivity index (χ0n) is 15.1. The van der Waals surface area contributed by atoms with Gasteiger partial charge in [-0.25, -0.2) is 0 Å². The Hall–Kier alpha value is -3.02. The fraction of sp³-hybridized carbons (Fsp3) is 0.300. The number of carbonyl (C=O) groups excluding carboxylic acids is 2. The van der Waals surface area contributed by atoms with Crippen LogP contribution in [0.1, 0.15) is 12.5 Å². The first-order valence-electron chi connectivity index (χ1n) is 8.48. The van der Waals surface area contributed by atoms with Crippen LogP contribution in [0.25, 0.3) is 0 Å². The fourth-order valence-electron chi connectivity index (χ4n) is 2.40. The Morgan fingerprint density at radius 1 is 1.00 bits per heavy atom. The Bertz CT molecular complexity index is 719. The first-order chi connectivity index (χ1) is 12.6. The molecule has 6 nitrogen and oxygen atoms in total. The van der Waals surface area contributed by atoms with E-state index in [1.807, 2.05) is 43.3 Å². The van der Waals surface area contributed by atoms with Gasteiger partial charge in [0.15, 0.2) is 18.1 Å². The predicted molar refractivity (Wildman–Crippen MR) is 99.0 cm³/mol. The van der Waals surface area contributed by atoms with Crippen molar-refractivity contribution in [3.63, 3.8) is 0 Å². The summed E-state index contributed by atoms with van der Waals surface area (Å²) < 4.78 is 10.6. The number of para-hydroxylation sites is 2. The number of nitrogens with one attached hydrogen (secondary N) is 1. The summed E-state index contributed by atoms with van der Waals surface area (Å²) in [5.41, 5.74) is 1.05. The number of benzene rings is 2. The van der Waals surface area contributed by atoms with Crippen LogP contribution in [0.4, 0.5) is 0 Å². The average Bonchev–Trinajstić information content (AvgIpc) is 2.69. The molecule has 0 radical (unpaired) electrons. The van der Waals surface area contributed by atoms with Gasteiger partial charge in [0.1, 0.15) is 0 Å². The number of nitrogens with zero attached hydrogens (tertiary/aromatic N) is 1. The Morgan fingerprint density at radius 3 is 2.31 bits per heavy atom. The Labute approximate surface area is 153 Å². The van der Waals surface area contributed by atoms with Crippen molar-refractivity contribution in [2.75, 3.05) is 26.8 Å². The summed E-state index contributed by atoms with van der Waals surface area (Å²) in [5.74, 6) is 0.536. The lowest BCUT2D eigenvalue weighted by molar-refractivity contribution is -0.133. The van der Waals surface area contributed by atoms with E-state index in [1.54, 1.807) is 23.1 Å². The van der Waals surface area contributed by atoms with Crippen molar-refractivity contribution < 1.29 is 19.1 Å². The van der Waals surface area contributed by atoms with Gasteiger partial charge in [-0.3, -0.25) is 9.59 Å². The second-order valence-corrected chi connectivity index (χ2v) is 5.61. The maximum atomic E-state index is 12.3. The van der Waals surface area contributed by atoms with Crippen molar-refractivity contribution >= 4 is 11.8 Å². The number of ether oxygens (including phenoxy) is 2. The summed E-state index contributed by atoms with van der Waals surface area (Å²) in [4.78, 5) is 25.9. The summed E-state index contributed by atoms with van der Waals surface area (Å²) >= 11 is 0. The number of methoxy groups -OCH3 is 1. The molecule has 0 unspecified atom stereocenters. The lowest BCUT2D eigenvalue weighted by Crippen LogP contribution is -2.41. The third kappa shape index (κ3) is 5.81. The molecule has 0 atom stereocenters. The monoisotopic (exact) mass is 356 g/mol. The largest absolute Gasteiger partial charge is 0.493 e. The van der Waals surface area contributed by atoms with Gasteiger partial charge in [-0.1, -0.05) is 42.5 Å². The van der Waals surface area contributed by atoms with Crippen molar-refractivity contribution in [2.45, 2.75) is 13.5 Å². The average molecular weight is 356 g/mol. The van der Waals surface area contributed by atoms with Crippen molar-refractivity contribution in [3.8, 4) is 11.5 Å². The van der Waals surface area contributed by atoms with Crippen molar-refractivity contribution in [3.05, 3.63) is 60.2 Å². The minimum absolute atomic E-state index is 0.0607. The van der Waals surface area contributed by atoms with Crippen LogP contribution in [-0.2, 0) is 16.1 Å². The van der Waals surface area contributed by atoms with Crippen LogP contribution in [0.3, 0.4) is 0 Å². The van der Waals surface area contributed by atoms with Crippen LogP contribution < -0.4 is 14.8 Å². The summed E-state index contributed by atoms with van der Waals surface area (Å²) in [7, 11) is 1.53. The van der Waals surface area contributed by atoms with Crippen molar-refractivity contribution in [1.29, 1.82) is 0 Å². The zero-order chi connectivity index (χ0) is 18.8. The molecular weight excluding hydrogens is 332 g/mol. The number of likely N-dealkylation sites (N-methyl/N-ethyl adjacent to an activating group) is 1. The van der Waals surface area contributed by atoms with E-state index in [1.165, 1.54) is 7.11 Å². The van der Waals surface area contributed by atoms with Gasteiger partial charge in [0, 0.05) is 13.1 Å². The van der Waals surface area contributed by atoms with E-state index in [0.717, 1.165) is 5.56 Å². The standard InChI is InChI=1S/C20H24N2O4/c1-3-22(14-16-9-5-4-6-10-16)20(24)13-21-19(23)15-26-18-12-8-7-11-17(18)25-2/h4-12H,3,13-15H2,1-2H3,(H,21,23). The maximum Gasteiger partial charge on any atom is 0.258 e. The topological polar surface area (TPSA) is 67.9 Å². The number of carbonyl (C=O) groups is 2. The number of rotatable bonds is 9. The van der Waals surface area contributed by atoms with E-state index in [0.29, 0.717) is 24.6 Å². The summed E-state index contributed by atoms with van der Waals surface area (Å²) in [6.45, 7) is 2.76. The summed E-state index contributed by atoms with van der Waals surface area (Å²) in [6.07, 6.45) is 0. The van der Waals surface area contributed by atoms with Crippen LogP contribution in [0.5, 0.6) is 11.5 Å². The zero-order valence-corrected chi connectivity index (χ0v) is 15.1. The number of hydrogen-bond donors (Lipinski definition) is 1. The van der Waals surface area contributed by atoms with E-state index in [9.17, 15) is 9.59 Å². The predicted octanol–water partition coefficient (Wildman–Crippen LogP) is 2.24. The molecule has 6 heteroatoms. The third-order valence-corrected chi connectivity index (χ3v) is 3.82. The number of amides is 2. The van der Waals surface area contributed by atoms with Crippen LogP contribution in [0, 0.1) is 0 Å². The minimum atomic E-state index is -0.361. The molecule has 1 N–H and O–H groups in total. The lowest BCUT2D eigenvalue weighted by Gasteiger charge is -2.21. The molecule has 2 aromatic rings. The molecule has 0 aromatic heterocycles. The maximum absolute atomic E-state index is 12.3. The molecule has 0 aliphatic carbocycles. The molecule has 2 rings (SSSR count). The highest BCUT2D eigenvalue weighted by Gasteiger charge is 2.14. The van der Waals surface area contributed by atoms with Gasteiger partial charge in [0.05, 0.1) is 13.7 Å². The summed E-state index contributed by atoms with van der Waals surface area (Å²) in [6, 6.07) is 16.8. The molecule has 0 spiro atoms. The van der Waals surface area contributed by atoms with E-state index < -0.39 is 0 Å². The van der Waals surface area contributed by atoms with Gasteiger partial charge in [-0.15, -0.1) is 0 Å². The SMILES string of the molecule is CCN(Cc1ccccc1)C(=O)CNC(=O)COc1ccccc1OC.